The van der Waals surface area contributed by atoms with Crippen LogP contribution in [0, 0.1) is 0 Å². The molecule has 3 nitrogen and oxygen atoms in total. The number of benzene rings is 3. The maximum Gasteiger partial charge on any atom is 0.196 e. The molecule has 0 radical (unpaired) electrons. The summed E-state index contributed by atoms with van der Waals surface area (Å²) < 4.78 is 0. The van der Waals surface area contributed by atoms with E-state index < -0.39 is 0 Å². The molecule has 0 saturated carbocycles. The first-order valence-electron chi connectivity index (χ1n) is 7.33. The molecule has 0 amide bonds. The van der Waals surface area contributed by atoms with Crippen LogP contribution in [0.3, 0.4) is 0 Å². The number of rotatable bonds is 4. The van der Waals surface area contributed by atoms with Gasteiger partial charge in [-0.25, -0.2) is 0 Å². The molecule has 0 unspecified atom stereocenters. The molecular weight excluding hydrogens is 288 g/mol. The van der Waals surface area contributed by atoms with Gasteiger partial charge in [0.2, 0.25) is 0 Å². The zero-order valence-corrected chi connectivity index (χ0v) is 12.4. The summed E-state index contributed by atoms with van der Waals surface area (Å²) in [6.45, 7) is 0. The molecule has 3 rings (SSSR count). The Hall–Kier alpha value is -3.07. The van der Waals surface area contributed by atoms with Gasteiger partial charge in [0.1, 0.15) is 11.5 Å². The van der Waals surface area contributed by atoms with Gasteiger partial charge in [-0.1, -0.05) is 54.6 Å². The van der Waals surface area contributed by atoms with E-state index in [2.05, 4.69) is 0 Å². The summed E-state index contributed by atoms with van der Waals surface area (Å²) in [5.74, 6) is -0.0429. The number of aromatic hydroxyl groups is 2. The summed E-state index contributed by atoms with van der Waals surface area (Å²) in [4.78, 5) is 12.5. The van der Waals surface area contributed by atoms with Crippen molar-refractivity contribution in [3.05, 3.63) is 95.1 Å². The molecule has 3 heteroatoms. The lowest BCUT2D eigenvalue weighted by Gasteiger charge is -2.09. The number of para-hydroxylation sites is 1. The van der Waals surface area contributed by atoms with Gasteiger partial charge in [0.15, 0.2) is 5.78 Å². The van der Waals surface area contributed by atoms with Gasteiger partial charge < -0.3 is 10.2 Å². The molecule has 2 N–H and O–H groups in total. The molecule has 0 aliphatic carbocycles. The third-order valence-electron chi connectivity index (χ3n) is 3.73. The van der Waals surface area contributed by atoms with Gasteiger partial charge in [0.25, 0.3) is 0 Å². The fourth-order valence-electron chi connectivity index (χ4n) is 2.50. The molecule has 0 bridgehead atoms. The molecule has 0 heterocycles. The molecule has 0 aliphatic rings. The van der Waals surface area contributed by atoms with E-state index in [0.717, 1.165) is 11.1 Å². The van der Waals surface area contributed by atoms with E-state index in [1.54, 1.807) is 48.5 Å². The predicted octanol–water partition coefficient (Wildman–Crippen LogP) is 3.92. The van der Waals surface area contributed by atoms with Crippen LogP contribution in [0.25, 0.3) is 0 Å². The fraction of sp³-hybridized carbons (Fsp3) is 0.0500. The van der Waals surface area contributed by atoms with E-state index in [1.165, 1.54) is 6.07 Å². The maximum atomic E-state index is 12.5. The third-order valence-corrected chi connectivity index (χ3v) is 3.73. The average Bonchev–Trinajstić information content (AvgIpc) is 2.59. The van der Waals surface area contributed by atoms with Crippen molar-refractivity contribution in [3.63, 3.8) is 0 Å². The number of phenols is 2. The van der Waals surface area contributed by atoms with E-state index in [0.29, 0.717) is 12.0 Å². The second-order valence-electron chi connectivity index (χ2n) is 5.35. The normalized spacial score (nSPS) is 10.4. The second-order valence-corrected chi connectivity index (χ2v) is 5.35. The number of carbonyl (C=O) groups excluding carboxylic acids is 1. The molecule has 23 heavy (non-hydrogen) atoms. The maximum absolute atomic E-state index is 12.5. The van der Waals surface area contributed by atoms with Gasteiger partial charge in [-0.05, 0) is 29.3 Å². The molecule has 0 atom stereocenters. The van der Waals surface area contributed by atoms with E-state index in [9.17, 15) is 15.0 Å². The highest BCUT2D eigenvalue weighted by molar-refractivity contribution is 6.10. The minimum Gasteiger partial charge on any atom is -0.508 e. The summed E-state index contributed by atoms with van der Waals surface area (Å²) in [5, 5.41) is 19.9. The second kappa shape index (κ2) is 6.36. The largest absolute Gasteiger partial charge is 0.508 e. The average molecular weight is 304 g/mol. The lowest BCUT2D eigenvalue weighted by Crippen LogP contribution is -2.02. The Kier molecular flexibility index (Phi) is 4.11. The minimum atomic E-state index is -0.220. The highest BCUT2D eigenvalue weighted by atomic mass is 16.3. The number of hydrogen-bond donors (Lipinski definition) is 2. The van der Waals surface area contributed by atoms with Crippen LogP contribution in [0.1, 0.15) is 27.0 Å². The van der Waals surface area contributed by atoms with E-state index >= 15 is 0 Å². The quantitative estimate of drug-likeness (QED) is 0.718. The van der Waals surface area contributed by atoms with Crippen LogP contribution in [0.15, 0.2) is 72.8 Å². The van der Waals surface area contributed by atoms with Gasteiger partial charge in [0.05, 0.1) is 5.56 Å². The Balaban J connectivity index is 1.94. The van der Waals surface area contributed by atoms with Gasteiger partial charge in [0, 0.05) is 12.0 Å². The molecule has 0 saturated heterocycles. The molecule has 114 valence electrons. The van der Waals surface area contributed by atoms with Crippen LogP contribution < -0.4 is 0 Å². The van der Waals surface area contributed by atoms with Crippen molar-refractivity contribution >= 4 is 5.78 Å². The molecule has 0 spiro atoms. The summed E-state index contributed by atoms with van der Waals surface area (Å²) >= 11 is 0. The standard InChI is InChI=1S/C20H16O3/c21-18-9-5-4-8-16(18)12-14-10-11-19(22)17(13-14)20(23)15-6-2-1-3-7-15/h1-11,13,21-22H,12H2. The Bertz CT molecular complexity index is 839. The molecule has 0 aromatic heterocycles. The minimum absolute atomic E-state index is 0.0418. The summed E-state index contributed by atoms with van der Waals surface area (Å²) in [7, 11) is 0. The Morgan fingerprint density at radius 3 is 2.22 bits per heavy atom. The van der Waals surface area contributed by atoms with Crippen molar-refractivity contribution in [1.82, 2.24) is 0 Å². The molecule has 3 aromatic rings. The van der Waals surface area contributed by atoms with Crippen molar-refractivity contribution in [2.24, 2.45) is 0 Å². The van der Waals surface area contributed by atoms with Crippen molar-refractivity contribution < 1.29 is 15.0 Å². The Morgan fingerprint density at radius 2 is 1.48 bits per heavy atom. The van der Waals surface area contributed by atoms with Crippen LogP contribution in [0.4, 0.5) is 0 Å². The molecule has 0 aliphatic heterocycles. The number of hydrogen-bond acceptors (Lipinski definition) is 3. The van der Waals surface area contributed by atoms with E-state index in [1.807, 2.05) is 18.2 Å². The zero-order valence-electron chi connectivity index (χ0n) is 12.4. The SMILES string of the molecule is O=C(c1ccccc1)c1cc(Cc2ccccc2O)ccc1O. The van der Waals surface area contributed by atoms with Crippen LogP contribution in [-0.2, 0) is 6.42 Å². The third kappa shape index (κ3) is 3.24. The first-order chi connectivity index (χ1) is 11.1. The lowest BCUT2D eigenvalue weighted by molar-refractivity contribution is 0.103. The first kappa shape index (κ1) is 14.9. The van der Waals surface area contributed by atoms with Crippen molar-refractivity contribution in [2.75, 3.05) is 0 Å². The van der Waals surface area contributed by atoms with Crippen LogP contribution in [0.2, 0.25) is 0 Å². The lowest BCUT2D eigenvalue weighted by atomic mass is 9.97. The topological polar surface area (TPSA) is 57.5 Å². The van der Waals surface area contributed by atoms with Crippen LogP contribution in [0.5, 0.6) is 11.5 Å². The molecule has 3 aromatic carbocycles. The van der Waals surface area contributed by atoms with Gasteiger partial charge in [-0.2, -0.15) is 0 Å². The molecule has 0 fully saturated rings. The summed E-state index contributed by atoms with van der Waals surface area (Å²) in [6, 6.07) is 20.9. The van der Waals surface area contributed by atoms with Crippen molar-refractivity contribution in [3.8, 4) is 11.5 Å². The van der Waals surface area contributed by atoms with Gasteiger partial charge in [-0.15, -0.1) is 0 Å². The van der Waals surface area contributed by atoms with E-state index in [4.69, 9.17) is 0 Å². The highest BCUT2D eigenvalue weighted by Crippen LogP contribution is 2.25. The first-order valence-corrected chi connectivity index (χ1v) is 7.33. The van der Waals surface area contributed by atoms with Gasteiger partial charge in [-0.3, -0.25) is 4.79 Å². The van der Waals surface area contributed by atoms with Gasteiger partial charge >= 0.3 is 0 Å². The number of phenolic OH excluding ortho intramolecular Hbond substituents is 2. The highest BCUT2D eigenvalue weighted by Gasteiger charge is 2.14. The fourth-order valence-corrected chi connectivity index (χ4v) is 2.50. The molecular formula is C20H16O3. The summed E-state index contributed by atoms with van der Waals surface area (Å²) in [5.41, 5.74) is 2.42. The van der Waals surface area contributed by atoms with Crippen molar-refractivity contribution in [2.45, 2.75) is 6.42 Å². The Morgan fingerprint density at radius 1 is 0.783 bits per heavy atom. The van der Waals surface area contributed by atoms with Crippen LogP contribution in [-0.4, -0.2) is 16.0 Å². The van der Waals surface area contributed by atoms with Crippen LogP contribution >= 0.6 is 0 Å². The van der Waals surface area contributed by atoms with Crippen molar-refractivity contribution in [1.29, 1.82) is 0 Å². The summed E-state index contributed by atoms with van der Waals surface area (Å²) in [6.07, 6.45) is 0.488. The predicted molar refractivity (Wildman–Crippen MR) is 88.9 cm³/mol. The smallest absolute Gasteiger partial charge is 0.196 e. The number of ketones is 1. The number of carbonyl (C=O) groups is 1. The Labute approximate surface area is 134 Å². The van der Waals surface area contributed by atoms with E-state index in [-0.39, 0.29) is 22.8 Å². The monoisotopic (exact) mass is 304 g/mol. The zero-order chi connectivity index (χ0) is 16.2.